The van der Waals surface area contributed by atoms with E-state index in [-0.39, 0.29) is 24.0 Å². The summed E-state index contributed by atoms with van der Waals surface area (Å²) in [5.74, 6) is -1.95. The van der Waals surface area contributed by atoms with E-state index in [0.717, 1.165) is 4.72 Å². The Labute approximate surface area is 132 Å². The van der Waals surface area contributed by atoms with Crippen LogP contribution in [0.2, 0.25) is 0 Å². The number of ether oxygens (including phenoxy) is 1. The summed E-state index contributed by atoms with van der Waals surface area (Å²) in [5, 5.41) is 0. The maximum Gasteiger partial charge on any atom is 0.516 e. The number of carbonyl (C=O) groups excluding carboxylic acids is 2. The molecule has 1 saturated carbocycles. The highest BCUT2D eigenvalue weighted by molar-refractivity contribution is 7.90. The Morgan fingerprint density at radius 1 is 1.22 bits per heavy atom. The normalized spacial score (nSPS) is 22.3. The molecular formula is C13H18F3NO5S. The molecule has 1 amide bonds. The summed E-state index contributed by atoms with van der Waals surface area (Å²) in [6, 6.07) is 0. The maximum absolute atomic E-state index is 12.2. The van der Waals surface area contributed by atoms with E-state index in [9.17, 15) is 31.2 Å². The molecule has 0 aromatic heterocycles. The largest absolute Gasteiger partial charge is 0.516 e. The van der Waals surface area contributed by atoms with Crippen molar-refractivity contribution in [2.45, 2.75) is 50.6 Å². The molecule has 6 nitrogen and oxygen atoms in total. The highest BCUT2D eigenvalue weighted by Gasteiger charge is 2.47. The van der Waals surface area contributed by atoms with Gasteiger partial charge in [-0.2, -0.15) is 21.6 Å². The fourth-order valence-electron chi connectivity index (χ4n) is 2.22. The number of nitrogens with one attached hydrogen (secondary N) is 1. The van der Waals surface area contributed by atoms with E-state index in [0.29, 0.717) is 25.7 Å². The highest BCUT2D eigenvalue weighted by atomic mass is 32.2. The molecule has 0 spiro atoms. The minimum Gasteiger partial charge on any atom is -0.459 e. The van der Waals surface area contributed by atoms with Crippen molar-refractivity contribution < 1.29 is 35.9 Å². The van der Waals surface area contributed by atoms with E-state index in [4.69, 9.17) is 4.74 Å². The van der Waals surface area contributed by atoms with Crippen molar-refractivity contribution >= 4 is 21.9 Å². The van der Waals surface area contributed by atoms with Crippen LogP contribution in [-0.4, -0.2) is 31.9 Å². The Balaban J connectivity index is 2.43. The summed E-state index contributed by atoms with van der Waals surface area (Å²) in [6.45, 7) is 4.97. The lowest BCUT2D eigenvalue weighted by Gasteiger charge is -2.28. The van der Waals surface area contributed by atoms with Crippen LogP contribution < -0.4 is 4.72 Å². The van der Waals surface area contributed by atoms with Crippen LogP contribution in [0, 0.1) is 5.92 Å². The molecule has 0 aromatic rings. The first kappa shape index (κ1) is 19.5. The van der Waals surface area contributed by atoms with E-state index in [2.05, 4.69) is 6.58 Å². The van der Waals surface area contributed by atoms with Crippen LogP contribution in [0.25, 0.3) is 0 Å². The van der Waals surface area contributed by atoms with E-state index in [1.54, 1.807) is 0 Å². The van der Waals surface area contributed by atoms with Gasteiger partial charge < -0.3 is 4.74 Å². The molecule has 23 heavy (non-hydrogen) atoms. The average molecular weight is 357 g/mol. The number of hydrogen-bond donors (Lipinski definition) is 1. The van der Waals surface area contributed by atoms with Gasteiger partial charge in [-0.25, -0.2) is 9.52 Å². The van der Waals surface area contributed by atoms with Gasteiger partial charge in [0.2, 0.25) is 5.91 Å². The predicted molar refractivity (Wildman–Crippen MR) is 74.4 cm³/mol. The summed E-state index contributed by atoms with van der Waals surface area (Å²) in [5.41, 5.74) is -5.25. The van der Waals surface area contributed by atoms with Crippen LogP contribution in [0.3, 0.4) is 0 Å². The lowest BCUT2D eigenvalue weighted by Crippen LogP contribution is -2.41. The first-order valence-electron chi connectivity index (χ1n) is 6.90. The zero-order valence-electron chi connectivity index (χ0n) is 12.5. The molecule has 0 saturated heterocycles. The van der Waals surface area contributed by atoms with E-state index >= 15 is 0 Å². The van der Waals surface area contributed by atoms with E-state index in [1.807, 2.05) is 0 Å². The van der Waals surface area contributed by atoms with Crippen molar-refractivity contribution in [1.29, 1.82) is 0 Å². The first-order valence-corrected chi connectivity index (χ1v) is 8.39. The topological polar surface area (TPSA) is 89.5 Å². The lowest BCUT2D eigenvalue weighted by molar-refractivity contribution is -0.146. The predicted octanol–water partition coefficient (Wildman–Crippen LogP) is 2.02. The zero-order chi connectivity index (χ0) is 17.8. The quantitative estimate of drug-likeness (QED) is 0.601. The number of alkyl halides is 3. The monoisotopic (exact) mass is 357 g/mol. The fraction of sp³-hybridized carbons (Fsp3) is 0.692. The Kier molecular flexibility index (Phi) is 6.20. The number of carbonyl (C=O) groups is 2. The van der Waals surface area contributed by atoms with Gasteiger partial charge in [0.05, 0.1) is 0 Å². The summed E-state index contributed by atoms with van der Waals surface area (Å²) >= 11 is 0. The lowest BCUT2D eigenvalue weighted by atomic mass is 9.85. The maximum atomic E-state index is 12.2. The molecule has 0 unspecified atom stereocenters. The number of halogens is 3. The molecule has 1 N–H and O–H groups in total. The second kappa shape index (κ2) is 7.33. The minimum atomic E-state index is -5.66. The van der Waals surface area contributed by atoms with E-state index in [1.165, 1.54) is 6.92 Å². The van der Waals surface area contributed by atoms with Crippen LogP contribution in [-0.2, 0) is 24.3 Å². The fourth-order valence-corrected chi connectivity index (χ4v) is 2.72. The van der Waals surface area contributed by atoms with Gasteiger partial charge in [0.25, 0.3) is 0 Å². The average Bonchev–Trinajstić information content (AvgIpc) is 2.38. The smallest absolute Gasteiger partial charge is 0.459 e. The van der Waals surface area contributed by atoms with Gasteiger partial charge in [-0.1, -0.05) is 6.58 Å². The first-order chi connectivity index (χ1) is 10.4. The summed E-state index contributed by atoms with van der Waals surface area (Å²) in [7, 11) is -5.66. The summed E-state index contributed by atoms with van der Waals surface area (Å²) in [4.78, 5) is 22.8. The van der Waals surface area contributed by atoms with Crippen molar-refractivity contribution in [3.8, 4) is 0 Å². The molecule has 0 radical (unpaired) electrons. The molecule has 0 bridgehead atoms. The van der Waals surface area contributed by atoms with Gasteiger partial charge in [0.15, 0.2) is 0 Å². The van der Waals surface area contributed by atoms with Crippen molar-refractivity contribution in [2.24, 2.45) is 5.92 Å². The van der Waals surface area contributed by atoms with Crippen molar-refractivity contribution in [2.75, 3.05) is 0 Å². The molecule has 1 aliphatic rings. The Morgan fingerprint density at radius 2 is 1.74 bits per heavy atom. The summed E-state index contributed by atoms with van der Waals surface area (Å²) in [6.07, 6.45) is 1.18. The van der Waals surface area contributed by atoms with Gasteiger partial charge in [0, 0.05) is 12.0 Å². The Bertz CT molecular complexity index is 577. The molecule has 1 aliphatic carbocycles. The molecule has 1 fully saturated rings. The van der Waals surface area contributed by atoms with Gasteiger partial charge in [-0.15, -0.1) is 0 Å². The van der Waals surface area contributed by atoms with Crippen LogP contribution in [0.1, 0.15) is 39.0 Å². The molecule has 1 rings (SSSR count). The number of esters is 1. The molecular weight excluding hydrogens is 339 g/mol. The van der Waals surface area contributed by atoms with Crippen LogP contribution in [0.5, 0.6) is 0 Å². The van der Waals surface area contributed by atoms with Crippen LogP contribution in [0.15, 0.2) is 12.2 Å². The third kappa shape index (κ3) is 5.85. The molecule has 0 aliphatic heterocycles. The molecule has 132 valence electrons. The van der Waals surface area contributed by atoms with E-state index < -0.39 is 27.4 Å². The molecule has 0 atom stereocenters. The van der Waals surface area contributed by atoms with Crippen molar-refractivity contribution in [3.63, 3.8) is 0 Å². The highest BCUT2D eigenvalue weighted by Crippen LogP contribution is 2.29. The van der Waals surface area contributed by atoms with Crippen LogP contribution >= 0.6 is 0 Å². The standard InChI is InChI=1S/C13H18F3NO5S/c1-8(2)12(19)22-10-5-3-9(4-6-10)7-11(18)17-23(20,21)13(14,15)16/h9-10H,1,3-7H2,2H3,(H,17,18). The zero-order valence-corrected chi connectivity index (χ0v) is 13.3. The second-order valence-corrected chi connectivity index (χ2v) is 7.18. The SMILES string of the molecule is C=C(C)C(=O)OC1CCC(CC(=O)NS(=O)(=O)C(F)(F)F)CC1. The minimum absolute atomic E-state index is 0.252. The van der Waals surface area contributed by atoms with Gasteiger partial charge in [0.1, 0.15) is 6.10 Å². The number of rotatable bonds is 5. The van der Waals surface area contributed by atoms with Crippen molar-refractivity contribution in [1.82, 2.24) is 4.72 Å². The van der Waals surface area contributed by atoms with Gasteiger partial charge in [-0.3, -0.25) is 4.79 Å². The molecule has 0 heterocycles. The molecule has 10 heteroatoms. The second-order valence-electron chi connectivity index (χ2n) is 5.51. The molecule has 0 aromatic carbocycles. The van der Waals surface area contributed by atoms with Gasteiger partial charge >= 0.3 is 21.5 Å². The Morgan fingerprint density at radius 3 is 2.17 bits per heavy atom. The number of hydrogen-bond acceptors (Lipinski definition) is 5. The third-order valence-electron chi connectivity index (χ3n) is 3.44. The number of amides is 1. The third-order valence-corrected chi connectivity index (χ3v) is 4.55. The van der Waals surface area contributed by atoms with Gasteiger partial charge in [-0.05, 0) is 38.5 Å². The summed E-state index contributed by atoms with van der Waals surface area (Å²) < 4.78 is 64.3. The van der Waals surface area contributed by atoms with Crippen molar-refractivity contribution in [3.05, 3.63) is 12.2 Å². The number of sulfonamides is 1. The van der Waals surface area contributed by atoms with Crippen LogP contribution in [0.4, 0.5) is 13.2 Å². The Hall–Kier alpha value is -1.58.